The van der Waals surface area contributed by atoms with Crippen molar-refractivity contribution in [3.05, 3.63) is 0 Å². The zero-order valence-electron chi connectivity index (χ0n) is 9.61. The number of carbonyl (C=O) groups is 2. The van der Waals surface area contributed by atoms with Gasteiger partial charge in [0, 0.05) is 13.6 Å². The molecule has 0 unspecified atom stereocenters. The number of likely N-dealkylation sites (N-methyl/N-ethyl adjacent to an activating group) is 1. The largest absolute Gasteiger partial charge is 0.481 e. The minimum absolute atomic E-state index is 0.0850. The molecular weight excluding hydrogens is 210 g/mol. The molecule has 1 amide bonds. The summed E-state index contributed by atoms with van der Waals surface area (Å²) in [5.41, 5.74) is -1.26. The number of hydrogen-bond acceptors (Lipinski definition) is 3. The highest BCUT2D eigenvalue weighted by Crippen LogP contribution is 2.29. The standard InChI is InChI=1S/C11H19NO4/c1-12(8-5-9(13)14)10(15)11(16)6-3-2-4-7-11/h16H,2-8H2,1H3,(H,13,14). The van der Waals surface area contributed by atoms with E-state index in [1.165, 1.54) is 11.9 Å². The maximum Gasteiger partial charge on any atom is 0.305 e. The molecule has 0 heterocycles. The lowest BCUT2D eigenvalue weighted by molar-refractivity contribution is -0.153. The van der Waals surface area contributed by atoms with Crippen molar-refractivity contribution in [2.24, 2.45) is 0 Å². The average Bonchev–Trinajstić information content (AvgIpc) is 2.25. The Labute approximate surface area is 95.1 Å². The number of hydrogen-bond donors (Lipinski definition) is 2. The van der Waals surface area contributed by atoms with Gasteiger partial charge in [0.2, 0.25) is 0 Å². The zero-order valence-corrected chi connectivity index (χ0v) is 9.61. The quantitative estimate of drug-likeness (QED) is 0.740. The van der Waals surface area contributed by atoms with Gasteiger partial charge in [-0.1, -0.05) is 19.3 Å². The van der Waals surface area contributed by atoms with Crippen molar-refractivity contribution in [1.29, 1.82) is 0 Å². The fraction of sp³-hybridized carbons (Fsp3) is 0.818. The van der Waals surface area contributed by atoms with Crippen LogP contribution in [0.3, 0.4) is 0 Å². The number of nitrogens with zero attached hydrogens (tertiary/aromatic N) is 1. The van der Waals surface area contributed by atoms with Crippen LogP contribution in [0.4, 0.5) is 0 Å². The SMILES string of the molecule is CN(CCC(=O)O)C(=O)C1(O)CCCCC1. The predicted octanol–water partition coefficient (Wildman–Crippen LogP) is 0.615. The maximum atomic E-state index is 11.9. The monoisotopic (exact) mass is 229 g/mol. The molecule has 0 aromatic rings. The van der Waals surface area contributed by atoms with E-state index < -0.39 is 11.6 Å². The van der Waals surface area contributed by atoms with Gasteiger partial charge in [0.05, 0.1) is 6.42 Å². The summed E-state index contributed by atoms with van der Waals surface area (Å²) < 4.78 is 0. The third-order valence-electron chi connectivity index (χ3n) is 3.09. The Kier molecular flexibility index (Phi) is 4.29. The Hall–Kier alpha value is -1.10. The van der Waals surface area contributed by atoms with Crippen LogP contribution < -0.4 is 0 Å². The molecule has 0 radical (unpaired) electrons. The van der Waals surface area contributed by atoms with Crippen LogP contribution in [0, 0.1) is 0 Å². The highest BCUT2D eigenvalue weighted by molar-refractivity contribution is 5.85. The fourth-order valence-corrected chi connectivity index (χ4v) is 2.07. The van der Waals surface area contributed by atoms with Crippen molar-refractivity contribution in [3.63, 3.8) is 0 Å². The van der Waals surface area contributed by atoms with Crippen molar-refractivity contribution in [2.75, 3.05) is 13.6 Å². The molecule has 5 nitrogen and oxygen atoms in total. The number of aliphatic hydroxyl groups is 1. The summed E-state index contributed by atoms with van der Waals surface area (Å²) >= 11 is 0. The van der Waals surface area contributed by atoms with Crippen LogP contribution >= 0.6 is 0 Å². The van der Waals surface area contributed by atoms with Gasteiger partial charge in [0.15, 0.2) is 0 Å². The summed E-state index contributed by atoms with van der Waals surface area (Å²) in [5.74, 6) is -1.27. The molecule has 0 aliphatic heterocycles. The topological polar surface area (TPSA) is 77.8 Å². The molecule has 1 aliphatic carbocycles. The minimum atomic E-state index is -1.26. The normalized spacial score (nSPS) is 19.1. The molecule has 1 aliphatic rings. The first kappa shape index (κ1) is 13.0. The van der Waals surface area contributed by atoms with Gasteiger partial charge in [0.1, 0.15) is 5.60 Å². The lowest BCUT2D eigenvalue weighted by Gasteiger charge is -2.34. The Bertz CT molecular complexity index is 271. The summed E-state index contributed by atoms with van der Waals surface area (Å²) in [6.45, 7) is 0.149. The lowest BCUT2D eigenvalue weighted by Crippen LogP contribution is -2.49. The molecule has 0 saturated heterocycles. The third kappa shape index (κ3) is 3.20. The van der Waals surface area contributed by atoms with Gasteiger partial charge >= 0.3 is 5.97 Å². The van der Waals surface area contributed by atoms with E-state index >= 15 is 0 Å². The molecule has 0 aromatic carbocycles. The van der Waals surface area contributed by atoms with E-state index in [2.05, 4.69) is 0 Å². The fourth-order valence-electron chi connectivity index (χ4n) is 2.07. The number of carboxylic acid groups (broad SMARTS) is 1. The molecule has 5 heteroatoms. The molecule has 1 rings (SSSR count). The molecule has 1 saturated carbocycles. The smallest absolute Gasteiger partial charge is 0.305 e. The maximum absolute atomic E-state index is 11.9. The van der Waals surface area contributed by atoms with Crippen molar-refractivity contribution < 1.29 is 19.8 Å². The van der Waals surface area contributed by atoms with Crippen molar-refractivity contribution in [1.82, 2.24) is 4.90 Å². The Balaban J connectivity index is 2.51. The molecule has 0 atom stereocenters. The van der Waals surface area contributed by atoms with Gasteiger partial charge < -0.3 is 15.1 Å². The van der Waals surface area contributed by atoms with Crippen molar-refractivity contribution in [2.45, 2.75) is 44.1 Å². The number of rotatable bonds is 4. The van der Waals surface area contributed by atoms with E-state index in [-0.39, 0.29) is 18.9 Å². The van der Waals surface area contributed by atoms with Crippen LogP contribution in [0.1, 0.15) is 38.5 Å². The van der Waals surface area contributed by atoms with E-state index in [9.17, 15) is 14.7 Å². The third-order valence-corrected chi connectivity index (χ3v) is 3.09. The lowest BCUT2D eigenvalue weighted by atomic mass is 9.84. The molecular formula is C11H19NO4. The molecule has 0 bridgehead atoms. The first-order valence-electron chi connectivity index (χ1n) is 5.65. The molecule has 2 N–H and O–H groups in total. The van der Waals surface area contributed by atoms with Crippen molar-refractivity contribution in [3.8, 4) is 0 Å². The second-order valence-corrected chi connectivity index (χ2v) is 4.46. The highest BCUT2D eigenvalue weighted by atomic mass is 16.4. The summed E-state index contributed by atoms with van der Waals surface area (Å²) in [7, 11) is 1.54. The number of aliphatic carboxylic acids is 1. The van der Waals surface area contributed by atoms with Crippen LogP contribution in [-0.2, 0) is 9.59 Å². The summed E-state index contributed by atoms with van der Waals surface area (Å²) in [4.78, 5) is 23.6. The highest BCUT2D eigenvalue weighted by Gasteiger charge is 2.38. The van der Waals surface area contributed by atoms with Gasteiger partial charge in [-0.15, -0.1) is 0 Å². The van der Waals surface area contributed by atoms with E-state index in [0.717, 1.165) is 19.3 Å². The average molecular weight is 229 g/mol. The van der Waals surface area contributed by atoms with Crippen LogP contribution in [0.2, 0.25) is 0 Å². The Morgan fingerprint density at radius 2 is 1.81 bits per heavy atom. The molecule has 0 aromatic heterocycles. The van der Waals surface area contributed by atoms with E-state index in [0.29, 0.717) is 12.8 Å². The zero-order chi connectivity index (χ0) is 12.2. The van der Waals surface area contributed by atoms with Crippen LogP contribution in [0.25, 0.3) is 0 Å². The first-order chi connectivity index (χ1) is 7.46. The summed E-state index contributed by atoms with van der Waals surface area (Å²) in [5, 5.41) is 18.7. The molecule has 1 fully saturated rings. The van der Waals surface area contributed by atoms with Crippen LogP contribution in [0.5, 0.6) is 0 Å². The second kappa shape index (κ2) is 5.30. The number of amides is 1. The van der Waals surface area contributed by atoms with E-state index in [4.69, 9.17) is 5.11 Å². The number of carbonyl (C=O) groups excluding carboxylic acids is 1. The van der Waals surface area contributed by atoms with E-state index in [1.54, 1.807) is 0 Å². The number of carboxylic acids is 1. The summed E-state index contributed by atoms with van der Waals surface area (Å²) in [6, 6.07) is 0. The Morgan fingerprint density at radius 3 is 2.31 bits per heavy atom. The Morgan fingerprint density at radius 1 is 1.25 bits per heavy atom. The molecule has 16 heavy (non-hydrogen) atoms. The second-order valence-electron chi connectivity index (χ2n) is 4.46. The summed E-state index contributed by atoms with van der Waals surface area (Å²) in [6.07, 6.45) is 3.66. The molecule has 0 spiro atoms. The molecule has 92 valence electrons. The predicted molar refractivity (Wildman–Crippen MR) is 57.9 cm³/mol. The van der Waals surface area contributed by atoms with E-state index in [1.807, 2.05) is 0 Å². The van der Waals surface area contributed by atoms with Crippen LogP contribution in [0.15, 0.2) is 0 Å². The van der Waals surface area contributed by atoms with Crippen LogP contribution in [-0.4, -0.2) is 46.2 Å². The van der Waals surface area contributed by atoms with Gasteiger partial charge in [0.25, 0.3) is 5.91 Å². The van der Waals surface area contributed by atoms with Gasteiger partial charge in [-0.25, -0.2) is 0 Å². The van der Waals surface area contributed by atoms with Gasteiger partial charge in [-0.3, -0.25) is 9.59 Å². The minimum Gasteiger partial charge on any atom is -0.481 e. The van der Waals surface area contributed by atoms with Crippen molar-refractivity contribution >= 4 is 11.9 Å². The van der Waals surface area contributed by atoms with Gasteiger partial charge in [-0.2, -0.15) is 0 Å². The first-order valence-corrected chi connectivity index (χ1v) is 5.65. The van der Waals surface area contributed by atoms with Gasteiger partial charge in [-0.05, 0) is 12.8 Å².